The summed E-state index contributed by atoms with van der Waals surface area (Å²) in [5.41, 5.74) is 3.09. The van der Waals surface area contributed by atoms with Crippen molar-refractivity contribution in [1.82, 2.24) is 15.5 Å². The van der Waals surface area contributed by atoms with Crippen molar-refractivity contribution in [1.29, 1.82) is 0 Å². The van der Waals surface area contributed by atoms with Crippen molar-refractivity contribution >= 4 is 5.82 Å². The van der Waals surface area contributed by atoms with Crippen molar-refractivity contribution < 1.29 is 19.3 Å². The summed E-state index contributed by atoms with van der Waals surface area (Å²) in [5, 5.41) is 21.4. The molecule has 1 unspecified atom stereocenters. The van der Waals surface area contributed by atoms with Gasteiger partial charge in [0, 0.05) is 24.8 Å². The van der Waals surface area contributed by atoms with Gasteiger partial charge in [-0.3, -0.25) is 0 Å². The highest BCUT2D eigenvalue weighted by molar-refractivity contribution is 5.33. The number of hydrogen-bond acceptors (Lipinski definition) is 9. The maximum Gasteiger partial charge on any atom is 0.233 e. The summed E-state index contributed by atoms with van der Waals surface area (Å²) in [4.78, 5) is 0. The summed E-state index contributed by atoms with van der Waals surface area (Å²) in [6.45, 7) is 8.17. The van der Waals surface area contributed by atoms with Crippen LogP contribution in [0.5, 0.6) is 11.6 Å². The van der Waals surface area contributed by atoms with Crippen LogP contribution in [-0.4, -0.2) is 59.9 Å². The Labute approximate surface area is 177 Å². The number of nitrogen functional groups attached to an aromatic ring is 1. The predicted octanol–water partition coefficient (Wildman–Crippen LogP) is 1.53. The van der Waals surface area contributed by atoms with Crippen molar-refractivity contribution in [3.63, 3.8) is 0 Å². The first kappa shape index (κ1) is 23.8. The van der Waals surface area contributed by atoms with E-state index in [1.165, 1.54) is 0 Å². The van der Waals surface area contributed by atoms with E-state index >= 15 is 0 Å². The number of aliphatic hydroxyl groups is 1. The first-order valence-corrected chi connectivity index (χ1v) is 10.1. The molecule has 0 saturated carbocycles. The van der Waals surface area contributed by atoms with E-state index in [2.05, 4.69) is 20.9 Å². The van der Waals surface area contributed by atoms with Crippen LogP contribution < -0.4 is 26.1 Å². The minimum Gasteiger partial charge on any atom is -0.491 e. The van der Waals surface area contributed by atoms with Crippen LogP contribution in [0, 0.1) is 0 Å². The lowest BCUT2D eigenvalue weighted by atomic mass is 10.1. The summed E-state index contributed by atoms with van der Waals surface area (Å²) >= 11 is 0. The van der Waals surface area contributed by atoms with Crippen molar-refractivity contribution in [3.8, 4) is 11.6 Å². The van der Waals surface area contributed by atoms with Gasteiger partial charge in [-0.2, -0.15) is 0 Å². The van der Waals surface area contributed by atoms with E-state index in [-0.39, 0.29) is 12.1 Å². The van der Waals surface area contributed by atoms with Crippen LogP contribution in [0.1, 0.15) is 26.3 Å². The summed E-state index contributed by atoms with van der Waals surface area (Å²) < 4.78 is 16.9. The number of hydrazine groups is 1. The normalized spacial score (nSPS) is 12.4. The second-order valence-corrected chi connectivity index (χ2v) is 7.47. The molecule has 0 aliphatic carbocycles. The molecule has 1 aromatic carbocycles. The number of β-amino-alcohol motifs (C(OH)–C–C–N with tert-alkyl or cyclic N) is 1. The molecule has 0 saturated heterocycles. The molecule has 9 heteroatoms. The van der Waals surface area contributed by atoms with Gasteiger partial charge < -0.3 is 30.1 Å². The highest BCUT2D eigenvalue weighted by Gasteiger charge is 2.20. The van der Waals surface area contributed by atoms with Crippen molar-refractivity contribution in [3.05, 3.63) is 42.0 Å². The van der Waals surface area contributed by atoms with Crippen molar-refractivity contribution in [2.45, 2.75) is 38.8 Å². The smallest absolute Gasteiger partial charge is 0.233 e. The number of nitrogens with zero attached hydrogens (tertiary/aromatic N) is 2. The number of anilines is 1. The number of nitrogens with one attached hydrogen (secondary N) is 2. The molecule has 1 aromatic heterocycles. The molecular weight excluding hydrogens is 386 g/mol. The lowest BCUT2D eigenvalue weighted by Crippen LogP contribution is -2.48. The molecule has 0 amide bonds. The van der Waals surface area contributed by atoms with Gasteiger partial charge in [-0.15, -0.1) is 10.2 Å². The predicted molar refractivity (Wildman–Crippen MR) is 116 cm³/mol. The molecule has 0 bridgehead atoms. The largest absolute Gasteiger partial charge is 0.491 e. The molecule has 30 heavy (non-hydrogen) atoms. The van der Waals surface area contributed by atoms with Crippen molar-refractivity contribution in [2.75, 3.05) is 38.4 Å². The third-order valence-electron chi connectivity index (χ3n) is 4.31. The maximum atomic E-state index is 10.3. The van der Waals surface area contributed by atoms with Crippen LogP contribution in [0.15, 0.2) is 36.4 Å². The average Bonchev–Trinajstić information content (AvgIpc) is 2.76. The summed E-state index contributed by atoms with van der Waals surface area (Å²) in [5.74, 6) is 6.90. The van der Waals surface area contributed by atoms with Gasteiger partial charge in [0.15, 0.2) is 5.82 Å². The van der Waals surface area contributed by atoms with E-state index < -0.39 is 6.10 Å². The fourth-order valence-corrected chi connectivity index (χ4v) is 2.60. The molecule has 0 aliphatic heterocycles. The van der Waals surface area contributed by atoms with E-state index in [0.29, 0.717) is 38.1 Å². The highest BCUT2D eigenvalue weighted by Crippen LogP contribution is 2.19. The molecule has 0 radical (unpaired) electrons. The quantitative estimate of drug-likeness (QED) is 0.205. The zero-order valence-electron chi connectivity index (χ0n) is 17.9. The zero-order valence-corrected chi connectivity index (χ0v) is 17.9. The fraction of sp³-hybridized carbons (Fsp3) is 0.524. The molecule has 1 heterocycles. The van der Waals surface area contributed by atoms with Gasteiger partial charge in [0.25, 0.3) is 0 Å². The minimum absolute atomic E-state index is 0.189. The first-order valence-electron chi connectivity index (χ1n) is 10.1. The summed E-state index contributed by atoms with van der Waals surface area (Å²) in [6.07, 6.45) is 0.104. The SMILES string of the molecule is CCOCCc1ccccc1OCC(O)CNC(C)(C)COc1ccc(NN)nn1. The number of rotatable bonds is 14. The van der Waals surface area contributed by atoms with E-state index in [4.69, 9.17) is 20.1 Å². The third kappa shape index (κ3) is 8.50. The summed E-state index contributed by atoms with van der Waals surface area (Å²) in [7, 11) is 0. The standard InChI is InChI=1S/C21H33N5O4/c1-4-28-12-11-16-7-5-6-8-18(16)29-14-17(27)13-23-21(2,3)15-30-20-10-9-19(24-22)25-26-20/h5-10,17,23,27H,4,11-15,22H2,1-3H3,(H,24,25). The van der Waals surface area contributed by atoms with Crippen molar-refractivity contribution in [2.24, 2.45) is 5.84 Å². The Bertz CT molecular complexity index is 742. The molecule has 0 fully saturated rings. The van der Waals surface area contributed by atoms with Crippen LogP contribution in [0.4, 0.5) is 5.82 Å². The number of aromatic nitrogens is 2. The molecule has 9 nitrogen and oxygen atoms in total. The molecule has 2 rings (SSSR count). The van der Waals surface area contributed by atoms with E-state index in [0.717, 1.165) is 17.7 Å². The second-order valence-electron chi connectivity index (χ2n) is 7.47. The summed E-state index contributed by atoms with van der Waals surface area (Å²) in [6, 6.07) is 11.2. The average molecular weight is 420 g/mol. The number of ether oxygens (including phenoxy) is 3. The number of benzene rings is 1. The van der Waals surface area contributed by atoms with Gasteiger partial charge in [-0.1, -0.05) is 18.2 Å². The molecular formula is C21H33N5O4. The fourth-order valence-electron chi connectivity index (χ4n) is 2.60. The van der Waals surface area contributed by atoms with Gasteiger partial charge >= 0.3 is 0 Å². The Morgan fingerprint density at radius 2 is 1.93 bits per heavy atom. The Hall–Kier alpha value is -2.46. The molecule has 0 aliphatic rings. The van der Waals surface area contributed by atoms with Gasteiger partial charge in [0.05, 0.1) is 6.61 Å². The Morgan fingerprint density at radius 3 is 2.63 bits per heavy atom. The second kappa shape index (κ2) is 12.3. The Balaban J connectivity index is 1.74. The van der Waals surface area contributed by atoms with Crippen LogP contribution >= 0.6 is 0 Å². The number of hydrogen-bond donors (Lipinski definition) is 4. The topological polar surface area (TPSA) is 124 Å². The third-order valence-corrected chi connectivity index (χ3v) is 4.31. The van der Waals surface area contributed by atoms with Crippen LogP contribution in [0.25, 0.3) is 0 Å². The lowest BCUT2D eigenvalue weighted by molar-refractivity contribution is 0.0914. The van der Waals surface area contributed by atoms with Gasteiger partial charge in [0.1, 0.15) is 25.1 Å². The molecule has 5 N–H and O–H groups in total. The number of nitrogens with two attached hydrogens (primary N) is 1. The highest BCUT2D eigenvalue weighted by atomic mass is 16.5. The minimum atomic E-state index is -0.668. The van der Waals surface area contributed by atoms with Gasteiger partial charge in [-0.25, -0.2) is 5.84 Å². The van der Waals surface area contributed by atoms with Crippen LogP contribution in [-0.2, 0) is 11.2 Å². The van der Waals surface area contributed by atoms with E-state index in [1.807, 2.05) is 45.0 Å². The maximum absolute atomic E-state index is 10.3. The number of aliphatic hydroxyl groups excluding tert-OH is 1. The van der Waals surface area contributed by atoms with Gasteiger partial charge in [-0.05, 0) is 44.9 Å². The van der Waals surface area contributed by atoms with Crippen LogP contribution in [0.3, 0.4) is 0 Å². The van der Waals surface area contributed by atoms with Crippen LogP contribution in [0.2, 0.25) is 0 Å². The monoisotopic (exact) mass is 419 g/mol. The van der Waals surface area contributed by atoms with E-state index in [1.54, 1.807) is 12.1 Å². The lowest BCUT2D eigenvalue weighted by Gasteiger charge is -2.27. The Kier molecular flexibility index (Phi) is 9.75. The molecule has 166 valence electrons. The molecule has 1 atom stereocenters. The molecule has 0 spiro atoms. The Morgan fingerprint density at radius 1 is 1.13 bits per heavy atom. The molecule has 2 aromatic rings. The van der Waals surface area contributed by atoms with E-state index in [9.17, 15) is 5.11 Å². The first-order chi connectivity index (χ1) is 14.4. The number of para-hydroxylation sites is 1. The zero-order chi connectivity index (χ0) is 21.8. The van der Waals surface area contributed by atoms with Gasteiger partial charge in [0.2, 0.25) is 5.88 Å².